The summed E-state index contributed by atoms with van der Waals surface area (Å²) in [6.07, 6.45) is -2.11. The van der Waals surface area contributed by atoms with Crippen LogP contribution in [0.4, 0.5) is 17.6 Å². The average molecular weight is 667 g/mol. The number of amides is 2. The summed E-state index contributed by atoms with van der Waals surface area (Å²) in [6.45, 7) is 4.76. The Bertz CT molecular complexity index is 1670. The largest absolute Gasteiger partial charge is 0.573 e. The third-order valence-electron chi connectivity index (χ3n) is 8.73. The summed E-state index contributed by atoms with van der Waals surface area (Å²) in [5.74, 6) is -2.80. The van der Waals surface area contributed by atoms with Crippen molar-refractivity contribution in [2.24, 2.45) is 10.9 Å². The molecule has 2 amide bonds. The lowest BCUT2D eigenvalue weighted by atomic mass is 9.89. The second kappa shape index (κ2) is 12.8. The highest BCUT2D eigenvalue weighted by molar-refractivity contribution is 7.92. The number of hydrogen-bond donors (Lipinski definition) is 2. The molecule has 0 unspecified atom stereocenters. The minimum Gasteiger partial charge on any atom is -0.403 e. The molecule has 0 aliphatic carbocycles. The van der Waals surface area contributed by atoms with Crippen LogP contribution in [0.25, 0.3) is 6.08 Å². The summed E-state index contributed by atoms with van der Waals surface area (Å²) >= 11 is 0. The third-order valence-corrected chi connectivity index (χ3v) is 10.3. The molecule has 0 atom stereocenters. The van der Waals surface area contributed by atoms with Crippen molar-refractivity contribution in [2.45, 2.75) is 51.4 Å². The number of halogens is 4. The number of rotatable bonds is 7. The van der Waals surface area contributed by atoms with Gasteiger partial charge in [0.2, 0.25) is 10.0 Å². The third kappa shape index (κ3) is 7.10. The molecule has 248 valence electrons. The Morgan fingerprint density at radius 2 is 1.74 bits per heavy atom. The van der Waals surface area contributed by atoms with Gasteiger partial charge in [-0.2, -0.15) is 4.31 Å². The fourth-order valence-electron chi connectivity index (χ4n) is 6.06. The summed E-state index contributed by atoms with van der Waals surface area (Å²) < 4.78 is 83.3. The summed E-state index contributed by atoms with van der Waals surface area (Å²) in [6, 6.07) is 6.19. The summed E-state index contributed by atoms with van der Waals surface area (Å²) in [7, 11) is -3.91. The van der Waals surface area contributed by atoms with Crippen LogP contribution in [0.1, 0.15) is 58.3 Å². The van der Waals surface area contributed by atoms with Gasteiger partial charge in [0.25, 0.3) is 11.8 Å². The molecular weight excluding hydrogens is 632 g/mol. The molecule has 3 aliphatic heterocycles. The Kier molecular flexibility index (Phi) is 9.30. The van der Waals surface area contributed by atoms with E-state index in [0.717, 1.165) is 47.6 Å². The van der Waals surface area contributed by atoms with Crippen molar-refractivity contribution in [3.63, 3.8) is 0 Å². The maximum atomic E-state index is 13.9. The predicted octanol–water partition coefficient (Wildman–Crippen LogP) is 3.90. The van der Waals surface area contributed by atoms with Crippen LogP contribution in [-0.4, -0.2) is 85.1 Å². The number of aryl methyl sites for hydroxylation is 2. The number of alkyl halides is 3. The van der Waals surface area contributed by atoms with E-state index in [1.807, 2.05) is 0 Å². The predicted molar refractivity (Wildman–Crippen MR) is 161 cm³/mol. The van der Waals surface area contributed by atoms with Gasteiger partial charge in [-0.25, -0.2) is 12.8 Å². The van der Waals surface area contributed by atoms with E-state index in [-0.39, 0.29) is 55.8 Å². The molecule has 3 aliphatic rings. The molecule has 10 nitrogen and oxygen atoms in total. The Balaban J connectivity index is 1.26. The topological polar surface area (TPSA) is 129 Å². The number of ether oxygens (including phenoxy) is 1. The average Bonchev–Trinajstić information content (AvgIpc) is 3.31. The number of hydrogen-bond acceptors (Lipinski definition) is 7. The van der Waals surface area contributed by atoms with Crippen molar-refractivity contribution in [1.82, 2.24) is 14.5 Å². The molecule has 2 N–H and O–H groups in total. The second-order valence-electron chi connectivity index (χ2n) is 11.8. The van der Waals surface area contributed by atoms with Crippen molar-refractivity contribution in [3.05, 3.63) is 69.4 Å². The number of carbonyl (C=O) groups is 2. The van der Waals surface area contributed by atoms with E-state index in [1.165, 1.54) is 10.4 Å². The van der Waals surface area contributed by atoms with Gasteiger partial charge in [-0.15, -0.1) is 13.2 Å². The maximum Gasteiger partial charge on any atom is 0.573 e. The Labute approximate surface area is 263 Å². The molecule has 0 bridgehead atoms. The molecule has 5 rings (SSSR count). The van der Waals surface area contributed by atoms with Crippen molar-refractivity contribution in [2.75, 3.05) is 32.8 Å². The van der Waals surface area contributed by atoms with Crippen LogP contribution in [-0.2, 0) is 14.8 Å². The quantitative estimate of drug-likeness (QED) is 0.432. The van der Waals surface area contributed by atoms with E-state index in [1.54, 1.807) is 30.9 Å². The molecule has 2 fully saturated rings. The van der Waals surface area contributed by atoms with Crippen LogP contribution in [0, 0.1) is 25.6 Å². The van der Waals surface area contributed by atoms with Gasteiger partial charge in [-0.1, -0.05) is 0 Å². The molecule has 0 radical (unpaired) electrons. The minimum absolute atomic E-state index is 0.00795. The number of likely N-dealkylation sites (tertiary alicyclic amines) is 1. The number of aliphatic hydroxyl groups is 1. The van der Waals surface area contributed by atoms with Gasteiger partial charge in [0.15, 0.2) is 11.6 Å². The number of piperidine rings is 2. The van der Waals surface area contributed by atoms with Gasteiger partial charge in [0.05, 0.1) is 0 Å². The lowest BCUT2D eigenvalue weighted by Gasteiger charge is -2.34. The van der Waals surface area contributed by atoms with Crippen molar-refractivity contribution in [3.8, 4) is 5.75 Å². The SMILES string of the molecule is Cc1cc(C(=O)N2CCC(CO)CC2)cc(C)c1C=CS(=O)(=O)N1CCC2(CC1)N=C(c1ccc(F)c(OC(F)(F)F)c1)NC2=O. The van der Waals surface area contributed by atoms with Gasteiger partial charge in [-0.05, 0) is 98.5 Å². The maximum absolute atomic E-state index is 13.9. The van der Waals surface area contributed by atoms with Gasteiger partial charge >= 0.3 is 6.36 Å². The minimum atomic E-state index is -5.12. The van der Waals surface area contributed by atoms with E-state index in [9.17, 15) is 40.7 Å². The zero-order chi connectivity index (χ0) is 33.4. The molecule has 1 spiro atoms. The highest BCUT2D eigenvalue weighted by Gasteiger charge is 2.47. The number of carbonyl (C=O) groups excluding carboxylic acids is 2. The van der Waals surface area contributed by atoms with E-state index in [0.29, 0.717) is 24.2 Å². The summed E-state index contributed by atoms with van der Waals surface area (Å²) in [4.78, 5) is 32.2. The normalized spacial score (nSPS) is 19.5. The van der Waals surface area contributed by atoms with E-state index in [2.05, 4.69) is 15.0 Å². The first-order chi connectivity index (χ1) is 21.6. The van der Waals surface area contributed by atoms with Crippen LogP contribution in [0.15, 0.2) is 40.7 Å². The van der Waals surface area contributed by atoms with Gasteiger partial charge in [-0.3, -0.25) is 14.6 Å². The molecule has 0 saturated carbocycles. The molecule has 46 heavy (non-hydrogen) atoms. The van der Waals surface area contributed by atoms with Crippen molar-refractivity contribution >= 4 is 33.7 Å². The van der Waals surface area contributed by atoms with Gasteiger partial charge < -0.3 is 20.1 Å². The molecule has 2 saturated heterocycles. The van der Waals surface area contributed by atoms with E-state index >= 15 is 0 Å². The number of benzene rings is 2. The molecule has 3 heterocycles. The smallest absolute Gasteiger partial charge is 0.403 e. The Morgan fingerprint density at radius 1 is 1.11 bits per heavy atom. The highest BCUT2D eigenvalue weighted by Crippen LogP contribution is 2.34. The first-order valence-corrected chi connectivity index (χ1v) is 16.3. The standard InChI is InChI=1S/C31H34F4N4O6S/c1-19-15-23(28(41)38-10-5-21(18-40)6-11-38)16-20(2)24(19)7-14-46(43,44)39-12-8-30(9-13-39)29(42)36-27(37-30)22-3-4-25(32)26(17-22)45-31(33,34)35/h3-4,7,14-17,21,40H,5-6,8-13,18H2,1-2H3,(H,36,37,42). The molecule has 15 heteroatoms. The number of sulfonamides is 1. The lowest BCUT2D eigenvalue weighted by Crippen LogP contribution is -2.50. The molecule has 0 aromatic heterocycles. The Morgan fingerprint density at radius 3 is 2.33 bits per heavy atom. The lowest BCUT2D eigenvalue weighted by molar-refractivity contribution is -0.275. The first-order valence-electron chi connectivity index (χ1n) is 14.8. The van der Waals surface area contributed by atoms with Crippen LogP contribution in [0.3, 0.4) is 0 Å². The number of nitrogens with one attached hydrogen (secondary N) is 1. The molecule has 2 aromatic carbocycles. The number of aliphatic imine (C=N–C) groups is 1. The van der Waals surface area contributed by atoms with E-state index < -0.39 is 39.4 Å². The molecular formula is C31H34F4N4O6S. The summed E-state index contributed by atoms with van der Waals surface area (Å²) in [5.41, 5.74) is 1.31. The van der Waals surface area contributed by atoms with Crippen LogP contribution >= 0.6 is 0 Å². The fraction of sp³-hybridized carbons (Fsp3) is 0.452. The van der Waals surface area contributed by atoms with Crippen LogP contribution < -0.4 is 10.1 Å². The number of amidine groups is 1. The van der Waals surface area contributed by atoms with E-state index in [4.69, 9.17) is 0 Å². The number of nitrogens with zero attached hydrogens (tertiary/aromatic N) is 3. The fourth-order valence-corrected chi connectivity index (χ4v) is 7.23. The highest BCUT2D eigenvalue weighted by atomic mass is 32.2. The zero-order valence-electron chi connectivity index (χ0n) is 25.2. The van der Waals surface area contributed by atoms with Gasteiger partial charge in [0.1, 0.15) is 11.4 Å². The van der Waals surface area contributed by atoms with Crippen LogP contribution in [0.2, 0.25) is 0 Å². The van der Waals surface area contributed by atoms with Gasteiger partial charge in [0, 0.05) is 49.3 Å². The van der Waals surface area contributed by atoms with Crippen molar-refractivity contribution < 1.29 is 45.4 Å². The monoisotopic (exact) mass is 666 g/mol. The summed E-state index contributed by atoms with van der Waals surface area (Å²) in [5, 5.41) is 13.0. The van der Waals surface area contributed by atoms with Crippen LogP contribution in [0.5, 0.6) is 5.75 Å². The van der Waals surface area contributed by atoms with Crippen molar-refractivity contribution in [1.29, 1.82) is 0 Å². The number of aliphatic hydroxyl groups excluding tert-OH is 1. The molecule has 2 aromatic rings. The first kappa shape index (κ1) is 33.5. The zero-order valence-corrected chi connectivity index (χ0v) is 26.0. The Hall–Kier alpha value is -3.82. The second-order valence-corrected chi connectivity index (χ2v) is 13.6.